The summed E-state index contributed by atoms with van der Waals surface area (Å²) in [6.45, 7) is 0. The summed E-state index contributed by atoms with van der Waals surface area (Å²) < 4.78 is 0. The number of hydrogen-bond donors (Lipinski definition) is 2. The molecule has 96 valence electrons. The van der Waals surface area contributed by atoms with Crippen LogP contribution in [0.1, 0.15) is 22.5 Å². The van der Waals surface area contributed by atoms with Crippen LogP contribution in [0.3, 0.4) is 0 Å². The smallest absolute Gasteiger partial charge is 0.324 e. The van der Waals surface area contributed by atoms with Crippen molar-refractivity contribution in [3.63, 3.8) is 0 Å². The Morgan fingerprint density at radius 2 is 2.11 bits per heavy atom. The van der Waals surface area contributed by atoms with E-state index in [1.807, 2.05) is 0 Å². The molecule has 7 nitrogen and oxygen atoms in total. The highest BCUT2D eigenvalue weighted by molar-refractivity contribution is 7.17. The highest BCUT2D eigenvalue weighted by atomic mass is 32.1. The van der Waals surface area contributed by atoms with Crippen molar-refractivity contribution in [3.8, 4) is 0 Å². The molecule has 1 heterocycles. The predicted octanol–water partition coefficient (Wildman–Crippen LogP) is 1.25. The van der Waals surface area contributed by atoms with Crippen molar-refractivity contribution in [2.75, 3.05) is 0 Å². The first-order valence-corrected chi connectivity index (χ1v) is 6.07. The molecule has 1 aliphatic rings. The molecule has 8 heteroatoms. The van der Waals surface area contributed by atoms with Crippen molar-refractivity contribution in [1.29, 1.82) is 0 Å². The van der Waals surface area contributed by atoms with Crippen molar-refractivity contribution in [2.24, 2.45) is 5.92 Å². The Hall–Kier alpha value is -1.96. The van der Waals surface area contributed by atoms with Crippen LogP contribution in [0.2, 0.25) is 0 Å². The lowest BCUT2D eigenvalue weighted by Crippen LogP contribution is -2.46. The Morgan fingerprint density at radius 1 is 1.44 bits per heavy atom. The van der Waals surface area contributed by atoms with Gasteiger partial charge in [0, 0.05) is 12.1 Å². The SMILES string of the molecule is O=C(NC1CC(C(=O)O)C1)c1ccc([N+](=O)[O-])s1. The molecule has 0 atom stereocenters. The second kappa shape index (κ2) is 4.73. The number of hydrogen-bond acceptors (Lipinski definition) is 5. The molecular weight excluding hydrogens is 260 g/mol. The first-order valence-electron chi connectivity index (χ1n) is 5.25. The van der Waals surface area contributed by atoms with Crippen LogP contribution in [-0.2, 0) is 4.79 Å². The van der Waals surface area contributed by atoms with Gasteiger partial charge in [0.1, 0.15) is 0 Å². The first kappa shape index (κ1) is 12.5. The van der Waals surface area contributed by atoms with Crippen LogP contribution in [0.5, 0.6) is 0 Å². The van der Waals surface area contributed by atoms with Gasteiger partial charge in [-0.25, -0.2) is 0 Å². The lowest BCUT2D eigenvalue weighted by atomic mass is 9.80. The molecule has 1 amide bonds. The van der Waals surface area contributed by atoms with Crippen LogP contribution >= 0.6 is 11.3 Å². The standard InChI is InChI=1S/C10H10N2O5S/c13-9(7-1-2-8(18-7)12(16)17)11-6-3-5(4-6)10(14)15/h1-2,5-6H,3-4H2,(H,11,13)(H,14,15). The summed E-state index contributed by atoms with van der Waals surface area (Å²) in [6, 6.07) is 2.52. The molecule has 18 heavy (non-hydrogen) atoms. The van der Waals surface area contributed by atoms with Gasteiger partial charge in [0.15, 0.2) is 0 Å². The van der Waals surface area contributed by atoms with E-state index in [0.29, 0.717) is 12.8 Å². The van der Waals surface area contributed by atoms with Crippen LogP contribution in [0.15, 0.2) is 12.1 Å². The fourth-order valence-electron chi connectivity index (χ4n) is 1.74. The summed E-state index contributed by atoms with van der Waals surface area (Å²) in [5.41, 5.74) is 0. The number of carbonyl (C=O) groups is 2. The van der Waals surface area contributed by atoms with Crippen LogP contribution < -0.4 is 5.32 Å². The fourth-order valence-corrected chi connectivity index (χ4v) is 2.47. The Kier molecular flexibility index (Phi) is 3.28. The molecule has 0 spiro atoms. The van der Waals surface area contributed by atoms with Crippen molar-refractivity contribution in [2.45, 2.75) is 18.9 Å². The molecule has 0 unspecified atom stereocenters. The third-order valence-corrected chi connectivity index (χ3v) is 3.85. The molecule has 1 fully saturated rings. The van der Waals surface area contributed by atoms with Gasteiger partial charge in [0.05, 0.1) is 15.7 Å². The quantitative estimate of drug-likeness (QED) is 0.632. The minimum Gasteiger partial charge on any atom is -0.481 e. The maximum atomic E-state index is 11.7. The zero-order valence-electron chi connectivity index (χ0n) is 9.16. The van der Waals surface area contributed by atoms with Crippen LogP contribution in [-0.4, -0.2) is 27.9 Å². The van der Waals surface area contributed by atoms with Crippen molar-refractivity contribution < 1.29 is 19.6 Å². The van der Waals surface area contributed by atoms with Crippen molar-refractivity contribution in [1.82, 2.24) is 5.32 Å². The van der Waals surface area contributed by atoms with Crippen LogP contribution in [0.25, 0.3) is 0 Å². The number of carboxylic acid groups (broad SMARTS) is 1. The van der Waals surface area contributed by atoms with E-state index < -0.39 is 16.8 Å². The molecule has 0 radical (unpaired) electrons. The maximum Gasteiger partial charge on any atom is 0.324 e. The molecule has 2 rings (SSSR count). The fraction of sp³-hybridized carbons (Fsp3) is 0.400. The average molecular weight is 270 g/mol. The highest BCUT2D eigenvalue weighted by Crippen LogP contribution is 2.29. The second-order valence-electron chi connectivity index (χ2n) is 4.07. The molecule has 0 saturated heterocycles. The summed E-state index contributed by atoms with van der Waals surface area (Å²) in [4.78, 5) is 32.4. The molecule has 0 bridgehead atoms. The Morgan fingerprint density at radius 3 is 2.61 bits per heavy atom. The third kappa shape index (κ3) is 2.48. The van der Waals surface area contributed by atoms with Gasteiger partial charge in [-0.3, -0.25) is 19.7 Å². The van der Waals surface area contributed by atoms with E-state index >= 15 is 0 Å². The van der Waals surface area contributed by atoms with E-state index in [4.69, 9.17) is 5.11 Å². The zero-order valence-corrected chi connectivity index (χ0v) is 9.98. The molecule has 1 aromatic rings. The van der Waals surface area contributed by atoms with Gasteiger partial charge >= 0.3 is 11.0 Å². The minimum absolute atomic E-state index is 0.0860. The summed E-state index contributed by atoms with van der Waals surface area (Å²) in [6.07, 6.45) is 0.823. The largest absolute Gasteiger partial charge is 0.481 e. The zero-order chi connectivity index (χ0) is 13.3. The number of nitro groups is 1. The molecule has 1 saturated carbocycles. The molecular formula is C10H10N2O5S. The predicted molar refractivity (Wildman–Crippen MR) is 62.6 cm³/mol. The Balaban J connectivity index is 1.89. The Bertz CT molecular complexity index is 506. The van der Waals surface area contributed by atoms with Gasteiger partial charge in [-0.1, -0.05) is 11.3 Å². The second-order valence-corrected chi connectivity index (χ2v) is 5.13. The number of amides is 1. The van der Waals surface area contributed by atoms with Gasteiger partial charge in [0.25, 0.3) is 5.91 Å². The molecule has 0 aliphatic heterocycles. The number of thiophene rings is 1. The van der Waals surface area contributed by atoms with Crippen molar-refractivity contribution >= 4 is 28.2 Å². The molecule has 1 aromatic heterocycles. The van der Waals surface area contributed by atoms with E-state index in [0.717, 1.165) is 11.3 Å². The lowest BCUT2D eigenvalue weighted by Gasteiger charge is -2.32. The normalized spacial score (nSPS) is 22.0. The number of rotatable bonds is 4. The van der Waals surface area contributed by atoms with E-state index in [-0.39, 0.29) is 21.8 Å². The molecule has 1 aliphatic carbocycles. The monoisotopic (exact) mass is 270 g/mol. The van der Waals surface area contributed by atoms with Gasteiger partial charge in [0.2, 0.25) is 0 Å². The Labute approximate surface area is 106 Å². The van der Waals surface area contributed by atoms with Crippen LogP contribution in [0, 0.1) is 16.0 Å². The first-order chi connectivity index (χ1) is 8.47. The summed E-state index contributed by atoms with van der Waals surface area (Å²) >= 11 is 0.805. The minimum atomic E-state index is -0.854. The summed E-state index contributed by atoms with van der Waals surface area (Å²) in [7, 11) is 0. The number of nitrogens with one attached hydrogen (secondary N) is 1. The number of carboxylic acids is 1. The number of nitrogens with zero attached hydrogens (tertiary/aromatic N) is 1. The van der Waals surface area contributed by atoms with Gasteiger partial charge < -0.3 is 10.4 Å². The number of carbonyl (C=O) groups excluding carboxylic acids is 1. The maximum absolute atomic E-state index is 11.7. The highest BCUT2D eigenvalue weighted by Gasteiger charge is 2.35. The van der Waals surface area contributed by atoms with Gasteiger partial charge in [-0.15, -0.1) is 0 Å². The topological polar surface area (TPSA) is 110 Å². The lowest BCUT2D eigenvalue weighted by molar-refractivity contribution is -0.380. The van der Waals surface area contributed by atoms with E-state index in [1.165, 1.54) is 12.1 Å². The van der Waals surface area contributed by atoms with E-state index in [9.17, 15) is 19.7 Å². The summed E-state index contributed by atoms with van der Waals surface area (Å²) in [5.74, 6) is -1.64. The van der Waals surface area contributed by atoms with Gasteiger partial charge in [-0.2, -0.15) is 0 Å². The number of aliphatic carboxylic acids is 1. The van der Waals surface area contributed by atoms with Gasteiger partial charge in [-0.05, 0) is 18.9 Å². The average Bonchev–Trinajstić information content (AvgIpc) is 2.70. The van der Waals surface area contributed by atoms with Crippen molar-refractivity contribution in [3.05, 3.63) is 27.1 Å². The van der Waals surface area contributed by atoms with E-state index in [2.05, 4.69) is 5.32 Å². The molecule has 2 N–H and O–H groups in total. The van der Waals surface area contributed by atoms with Crippen LogP contribution in [0.4, 0.5) is 5.00 Å². The third-order valence-electron chi connectivity index (χ3n) is 2.82. The molecule has 0 aromatic carbocycles. The van der Waals surface area contributed by atoms with E-state index in [1.54, 1.807) is 0 Å². The summed E-state index contributed by atoms with van der Waals surface area (Å²) in [5, 5.41) is 21.7.